The van der Waals surface area contributed by atoms with Crippen molar-refractivity contribution in [3.05, 3.63) is 57.3 Å². The van der Waals surface area contributed by atoms with Gasteiger partial charge in [-0.05, 0) is 36.4 Å². The molecule has 0 fully saturated rings. The van der Waals surface area contributed by atoms with Crippen molar-refractivity contribution in [1.82, 2.24) is 5.32 Å². The minimum absolute atomic E-state index is 0.0693. The molecular weight excluding hydrogens is 364 g/mol. The number of ether oxygens (including phenoxy) is 1. The number of Topliss-reactive ketones (excluding diaryl/α,β-unsaturated/α-hetero) is 1. The Labute approximate surface area is 161 Å². The summed E-state index contributed by atoms with van der Waals surface area (Å²) in [5, 5.41) is 11.6. The first-order chi connectivity index (χ1) is 12.7. The van der Waals surface area contributed by atoms with Crippen LogP contribution in [0.15, 0.2) is 36.4 Å². The molecule has 1 aromatic carbocycles. The van der Waals surface area contributed by atoms with Crippen LogP contribution < -0.4 is 5.32 Å². The number of hydrogen-bond donors (Lipinski definition) is 1. The maximum Gasteiger partial charge on any atom is 0.338 e. The lowest BCUT2D eigenvalue weighted by Crippen LogP contribution is -2.34. The lowest BCUT2D eigenvalue weighted by atomic mass is 9.96. The summed E-state index contributed by atoms with van der Waals surface area (Å²) in [7, 11) is 0. The van der Waals surface area contributed by atoms with E-state index in [1.54, 1.807) is 12.1 Å². The van der Waals surface area contributed by atoms with Gasteiger partial charge in [0.05, 0.1) is 28.6 Å². The van der Waals surface area contributed by atoms with Crippen molar-refractivity contribution in [2.45, 2.75) is 27.3 Å². The van der Waals surface area contributed by atoms with Crippen molar-refractivity contribution in [2.24, 2.45) is 5.41 Å². The number of ketones is 1. The Bertz CT molecular complexity index is 886. The van der Waals surface area contributed by atoms with Crippen molar-refractivity contribution < 1.29 is 19.1 Å². The molecule has 2 aromatic rings. The number of carbonyl (C=O) groups excluding carboxylic acids is 3. The third kappa shape index (κ3) is 5.76. The predicted octanol–water partition coefficient (Wildman–Crippen LogP) is 3.32. The van der Waals surface area contributed by atoms with E-state index < -0.39 is 11.4 Å². The number of benzene rings is 1. The zero-order chi connectivity index (χ0) is 20.0. The van der Waals surface area contributed by atoms with E-state index in [0.29, 0.717) is 17.0 Å². The molecule has 0 aliphatic rings. The maximum absolute atomic E-state index is 12.2. The molecule has 0 saturated heterocycles. The van der Waals surface area contributed by atoms with Crippen LogP contribution in [0.2, 0.25) is 0 Å². The highest BCUT2D eigenvalue weighted by atomic mass is 32.1. The van der Waals surface area contributed by atoms with Gasteiger partial charge in [0.1, 0.15) is 0 Å². The fourth-order valence-electron chi connectivity index (χ4n) is 2.02. The van der Waals surface area contributed by atoms with Gasteiger partial charge in [-0.25, -0.2) is 4.79 Å². The Hall–Kier alpha value is -2.98. The first-order valence-corrected chi connectivity index (χ1v) is 9.10. The van der Waals surface area contributed by atoms with Crippen LogP contribution in [0.25, 0.3) is 0 Å². The standard InChI is InChI=1S/C20H20N2O4S/c1-20(2,3)19(25)22-11-15-8-9-17(27-15)16(23)12-26-18(24)14-6-4-13(10-21)5-7-14/h4-9H,11-12H2,1-3H3,(H,22,25). The van der Waals surface area contributed by atoms with Crippen LogP contribution >= 0.6 is 11.3 Å². The average Bonchev–Trinajstić information content (AvgIpc) is 3.12. The summed E-state index contributed by atoms with van der Waals surface area (Å²) >= 11 is 1.25. The van der Waals surface area contributed by atoms with Gasteiger partial charge in [0.15, 0.2) is 6.61 Å². The van der Waals surface area contributed by atoms with Crippen LogP contribution in [0.5, 0.6) is 0 Å². The van der Waals surface area contributed by atoms with E-state index in [4.69, 9.17) is 10.00 Å². The molecule has 0 spiro atoms. The molecule has 1 aromatic heterocycles. The average molecular weight is 384 g/mol. The van der Waals surface area contributed by atoms with E-state index in [2.05, 4.69) is 5.32 Å². The number of esters is 1. The highest BCUT2D eigenvalue weighted by molar-refractivity contribution is 7.14. The Morgan fingerprint density at radius 1 is 1.11 bits per heavy atom. The molecule has 1 amide bonds. The van der Waals surface area contributed by atoms with Crippen molar-refractivity contribution in [1.29, 1.82) is 5.26 Å². The first kappa shape index (κ1) is 20.3. The van der Waals surface area contributed by atoms with Crippen LogP contribution in [0.4, 0.5) is 0 Å². The molecule has 0 atom stereocenters. The number of nitrogens with one attached hydrogen (secondary N) is 1. The second-order valence-corrected chi connectivity index (χ2v) is 8.06. The van der Waals surface area contributed by atoms with Gasteiger partial charge in [0.2, 0.25) is 11.7 Å². The molecule has 0 aliphatic heterocycles. The zero-order valence-electron chi connectivity index (χ0n) is 15.4. The van der Waals surface area contributed by atoms with E-state index in [1.165, 1.54) is 35.6 Å². The summed E-state index contributed by atoms with van der Waals surface area (Å²) in [6, 6.07) is 11.4. The molecule has 1 N–H and O–H groups in total. The highest BCUT2D eigenvalue weighted by Crippen LogP contribution is 2.19. The second kappa shape index (κ2) is 8.60. The third-order valence-corrected chi connectivity index (χ3v) is 4.75. The lowest BCUT2D eigenvalue weighted by molar-refractivity contribution is -0.128. The quantitative estimate of drug-likeness (QED) is 0.609. The molecule has 0 unspecified atom stereocenters. The number of carbonyl (C=O) groups is 3. The predicted molar refractivity (Wildman–Crippen MR) is 101 cm³/mol. The molecular formula is C20H20N2O4S. The summed E-state index contributed by atoms with van der Waals surface area (Å²) in [5.41, 5.74) is 0.237. The molecule has 2 rings (SSSR count). The van der Waals surface area contributed by atoms with E-state index in [0.717, 1.165) is 4.88 Å². The number of hydrogen-bond acceptors (Lipinski definition) is 6. The van der Waals surface area contributed by atoms with Gasteiger partial charge < -0.3 is 10.1 Å². The van der Waals surface area contributed by atoms with Crippen molar-refractivity contribution in [2.75, 3.05) is 6.61 Å². The van der Waals surface area contributed by atoms with Crippen LogP contribution in [0, 0.1) is 16.7 Å². The fourth-order valence-corrected chi connectivity index (χ4v) is 2.89. The molecule has 6 nitrogen and oxygen atoms in total. The van der Waals surface area contributed by atoms with Gasteiger partial charge in [-0.3, -0.25) is 9.59 Å². The molecule has 0 bridgehead atoms. The van der Waals surface area contributed by atoms with E-state index in [1.807, 2.05) is 26.8 Å². The second-order valence-electron chi connectivity index (χ2n) is 6.89. The zero-order valence-corrected chi connectivity index (χ0v) is 16.2. The molecule has 1 heterocycles. The minimum atomic E-state index is -0.623. The molecule has 7 heteroatoms. The summed E-state index contributed by atoms with van der Waals surface area (Å²) in [6.07, 6.45) is 0. The van der Waals surface area contributed by atoms with Gasteiger partial charge in [-0.2, -0.15) is 5.26 Å². The van der Waals surface area contributed by atoms with Gasteiger partial charge >= 0.3 is 5.97 Å². The Morgan fingerprint density at radius 3 is 2.37 bits per heavy atom. The number of nitriles is 1. The SMILES string of the molecule is CC(C)(C)C(=O)NCc1ccc(C(=O)COC(=O)c2ccc(C#N)cc2)s1. The van der Waals surface area contributed by atoms with Crippen LogP contribution in [-0.4, -0.2) is 24.3 Å². The van der Waals surface area contributed by atoms with Crippen LogP contribution in [0.3, 0.4) is 0 Å². The Kier molecular flexibility index (Phi) is 6.48. The summed E-state index contributed by atoms with van der Waals surface area (Å²) in [6.45, 7) is 5.46. The minimum Gasteiger partial charge on any atom is -0.454 e. The van der Waals surface area contributed by atoms with Gasteiger partial charge in [0, 0.05) is 10.3 Å². The smallest absolute Gasteiger partial charge is 0.338 e. The molecule has 0 aliphatic carbocycles. The van der Waals surface area contributed by atoms with Crippen molar-refractivity contribution >= 4 is 29.0 Å². The number of rotatable bonds is 6. The Morgan fingerprint density at radius 2 is 1.78 bits per heavy atom. The summed E-state index contributed by atoms with van der Waals surface area (Å²) in [4.78, 5) is 37.3. The topological polar surface area (TPSA) is 96.3 Å². The van der Waals surface area contributed by atoms with Gasteiger partial charge in [-0.15, -0.1) is 11.3 Å². The monoisotopic (exact) mass is 384 g/mol. The van der Waals surface area contributed by atoms with Crippen LogP contribution in [-0.2, 0) is 16.1 Å². The van der Waals surface area contributed by atoms with Crippen molar-refractivity contribution in [3.8, 4) is 6.07 Å². The van der Waals surface area contributed by atoms with Crippen molar-refractivity contribution in [3.63, 3.8) is 0 Å². The number of nitrogens with zero attached hydrogens (tertiary/aromatic N) is 1. The Balaban J connectivity index is 1.87. The third-order valence-electron chi connectivity index (χ3n) is 3.62. The van der Waals surface area contributed by atoms with E-state index in [-0.39, 0.29) is 23.9 Å². The fraction of sp³-hybridized carbons (Fsp3) is 0.300. The summed E-state index contributed by atoms with van der Waals surface area (Å²) < 4.78 is 5.04. The van der Waals surface area contributed by atoms with E-state index >= 15 is 0 Å². The number of amides is 1. The molecule has 0 radical (unpaired) electrons. The summed E-state index contributed by atoms with van der Waals surface area (Å²) in [5.74, 6) is -1.00. The van der Waals surface area contributed by atoms with Gasteiger partial charge in [-0.1, -0.05) is 20.8 Å². The maximum atomic E-state index is 12.2. The number of thiophene rings is 1. The molecule has 140 valence electrons. The van der Waals surface area contributed by atoms with E-state index in [9.17, 15) is 14.4 Å². The first-order valence-electron chi connectivity index (χ1n) is 8.28. The molecule has 0 saturated carbocycles. The normalized spacial score (nSPS) is 10.7. The lowest BCUT2D eigenvalue weighted by Gasteiger charge is -2.17. The molecule has 27 heavy (non-hydrogen) atoms. The van der Waals surface area contributed by atoms with Gasteiger partial charge in [0.25, 0.3) is 0 Å². The highest BCUT2D eigenvalue weighted by Gasteiger charge is 2.21. The van der Waals surface area contributed by atoms with Crippen LogP contribution in [0.1, 0.15) is 51.2 Å². The largest absolute Gasteiger partial charge is 0.454 e.